The van der Waals surface area contributed by atoms with Crippen molar-refractivity contribution in [3.63, 3.8) is 0 Å². The quantitative estimate of drug-likeness (QED) is 0.190. The average molecular weight is 462 g/mol. The number of guanidine groups is 1. The molecule has 0 saturated heterocycles. The lowest BCUT2D eigenvalue weighted by Crippen LogP contribution is -2.40. The van der Waals surface area contributed by atoms with Gasteiger partial charge in [-0.3, -0.25) is 14.9 Å². The Morgan fingerprint density at radius 2 is 2.09 bits per heavy atom. The normalized spacial score (nSPS) is 15.3. The van der Waals surface area contributed by atoms with Crippen LogP contribution in [0.1, 0.15) is 42.2 Å². The van der Waals surface area contributed by atoms with Crippen LogP contribution in [0.25, 0.3) is 11.3 Å². The molecule has 1 aliphatic rings. The molecule has 9 nitrogen and oxygen atoms in total. The third-order valence-electron chi connectivity index (χ3n) is 5.44. The van der Waals surface area contributed by atoms with Crippen molar-refractivity contribution < 1.29 is 14.3 Å². The standard InChI is InChI=1S/C22H28ClN5O4/c1-12(2)17-7-13-8-20(32-6-4-5-31-3)16(23)9-14(13)18-10-19(29)15(11-28(17)18)21(30)26-22(24)27-25/h8-12,17H,4-7,25H2,1-3H3,(H3,24,26,27,30)/t17-/m0/s1. The van der Waals surface area contributed by atoms with E-state index >= 15 is 0 Å². The maximum absolute atomic E-state index is 12.8. The van der Waals surface area contributed by atoms with Gasteiger partial charge in [-0.2, -0.15) is 0 Å². The van der Waals surface area contributed by atoms with E-state index in [2.05, 4.69) is 24.3 Å². The fourth-order valence-corrected chi connectivity index (χ4v) is 4.02. The molecule has 0 unspecified atom stereocenters. The van der Waals surface area contributed by atoms with E-state index in [1.54, 1.807) is 13.3 Å². The highest BCUT2D eigenvalue weighted by Crippen LogP contribution is 2.41. The number of ether oxygens (including phenoxy) is 2. The largest absolute Gasteiger partial charge is 0.492 e. The van der Waals surface area contributed by atoms with Gasteiger partial charge in [-0.15, -0.1) is 5.10 Å². The molecule has 1 aromatic carbocycles. The summed E-state index contributed by atoms with van der Waals surface area (Å²) in [7, 11) is 1.65. The van der Waals surface area contributed by atoms with Gasteiger partial charge in [0.2, 0.25) is 5.96 Å². The fourth-order valence-electron chi connectivity index (χ4n) is 3.81. The van der Waals surface area contributed by atoms with Crippen molar-refractivity contribution in [2.45, 2.75) is 32.7 Å². The number of hydrazone groups is 1. The Morgan fingerprint density at radius 1 is 1.34 bits per heavy atom. The molecular formula is C22H28ClN5O4. The molecule has 32 heavy (non-hydrogen) atoms. The van der Waals surface area contributed by atoms with Crippen LogP contribution in [0.2, 0.25) is 5.02 Å². The summed E-state index contributed by atoms with van der Waals surface area (Å²) in [6, 6.07) is 5.22. The van der Waals surface area contributed by atoms with Crippen LogP contribution >= 0.6 is 11.6 Å². The number of aromatic nitrogens is 1. The lowest BCUT2D eigenvalue weighted by Gasteiger charge is -2.33. The van der Waals surface area contributed by atoms with Crippen molar-refractivity contribution in [1.29, 1.82) is 0 Å². The van der Waals surface area contributed by atoms with E-state index in [4.69, 9.17) is 32.7 Å². The maximum atomic E-state index is 12.8. The number of rotatable bonds is 7. The first-order chi connectivity index (χ1) is 15.3. The van der Waals surface area contributed by atoms with Gasteiger partial charge in [-0.05, 0) is 30.0 Å². The van der Waals surface area contributed by atoms with Crippen LogP contribution in [0.3, 0.4) is 0 Å². The van der Waals surface area contributed by atoms with Crippen LogP contribution in [0.15, 0.2) is 34.3 Å². The summed E-state index contributed by atoms with van der Waals surface area (Å²) in [5.74, 6) is 4.97. The maximum Gasteiger partial charge on any atom is 0.263 e. The molecule has 1 amide bonds. The number of hydrogen-bond donors (Lipinski definition) is 3. The second kappa shape index (κ2) is 10.1. The van der Waals surface area contributed by atoms with E-state index in [-0.39, 0.29) is 23.5 Å². The summed E-state index contributed by atoms with van der Waals surface area (Å²) in [4.78, 5) is 25.3. The third kappa shape index (κ3) is 4.89. The smallest absolute Gasteiger partial charge is 0.263 e. The second-order valence-electron chi connectivity index (χ2n) is 7.96. The van der Waals surface area contributed by atoms with Gasteiger partial charge in [0, 0.05) is 44.0 Å². The predicted molar refractivity (Wildman–Crippen MR) is 124 cm³/mol. The third-order valence-corrected chi connectivity index (χ3v) is 5.74. The number of nitrogens with one attached hydrogen (secondary N) is 1. The molecule has 1 aromatic heterocycles. The topological polar surface area (TPSA) is 134 Å². The highest BCUT2D eigenvalue weighted by molar-refractivity contribution is 6.32. The Morgan fingerprint density at radius 3 is 2.75 bits per heavy atom. The lowest BCUT2D eigenvalue weighted by atomic mass is 9.87. The highest BCUT2D eigenvalue weighted by atomic mass is 35.5. The summed E-state index contributed by atoms with van der Waals surface area (Å²) in [6.45, 7) is 5.28. The molecule has 3 rings (SSSR count). The molecule has 2 heterocycles. The lowest BCUT2D eigenvalue weighted by molar-refractivity contribution is 0.0974. The number of fused-ring (bicyclic) bond motifs is 3. The molecule has 0 saturated carbocycles. The minimum Gasteiger partial charge on any atom is -0.492 e. The summed E-state index contributed by atoms with van der Waals surface area (Å²) in [5, 5.41) is 5.97. The Labute approximate surface area is 191 Å². The molecular weight excluding hydrogens is 434 g/mol. The van der Waals surface area contributed by atoms with Gasteiger partial charge in [0.1, 0.15) is 11.3 Å². The Bertz CT molecular complexity index is 1100. The number of pyridine rings is 1. The summed E-state index contributed by atoms with van der Waals surface area (Å²) in [6.07, 6.45) is 3.01. The zero-order valence-corrected chi connectivity index (χ0v) is 19.1. The van der Waals surface area contributed by atoms with Crippen molar-refractivity contribution in [3.05, 3.63) is 50.8 Å². The van der Waals surface area contributed by atoms with Crippen molar-refractivity contribution in [3.8, 4) is 17.0 Å². The van der Waals surface area contributed by atoms with Gasteiger partial charge in [0.05, 0.1) is 17.3 Å². The van der Waals surface area contributed by atoms with Gasteiger partial charge >= 0.3 is 0 Å². The highest BCUT2D eigenvalue weighted by Gasteiger charge is 2.29. The first-order valence-electron chi connectivity index (χ1n) is 10.3. The fraction of sp³-hybridized carbons (Fsp3) is 0.409. The summed E-state index contributed by atoms with van der Waals surface area (Å²) < 4.78 is 12.8. The van der Waals surface area contributed by atoms with Crippen molar-refractivity contribution in [2.75, 3.05) is 20.3 Å². The Kier molecular flexibility index (Phi) is 7.42. The van der Waals surface area contributed by atoms with Gasteiger partial charge in [-0.25, -0.2) is 0 Å². The summed E-state index contributed by atoms with van der Waals surface area (Å²) in [5.41, 5.74) is 7.55. The molecule has 0 spiro atoms. The number of benzene rings is 1. The van der Waals surface area contributed by atoms with Crippen LogP contribution < -0.4 is 27.1 Å². The van der Waals surface area contributed by atoms with E-state index < -0.39 is 11.3 Å². The average Bonchev–Trinajstić information content (AvgIpc) is 2.75. The van der Waals surface area contributed by atoms with Gasteiger partial charge < -0.3 is 25.6 Å². The van der Waals surface area contributed by atoms with Crippen LogP contribution in [0, 0.1) is 5.92 Å². The number of nitrogens with two attached hydrogens (primary N) is 2. The summed E-state index contributed by atoms with van der Waals surface area (Å²) >= 11 is 6.49. The SMILES string of the molecule is COCCCOc1cc2c(cc1Cl)-c1cc(=O)c(C(=O)NC(N)=NN)cn1[C@H](C(C)C)C2. The van der Waals surface area contributed by atoms with Crippen LogP contribution in [-0.2, 0) is 11.2 Å². The van der Waals surface area contributed by atoms with Gasteiger partial charge in [0.25, 0.3) is 5.91 Å². The zero-order valence-electron chi connectivity index (χ0n) is 18.4. The Balaban J connectivity index is 2.04. The number of carbonyl (C=O) groups excluding carboxylic acids is 1. The van der Waals surface area contributed by atoms with Crippen LogP contribution in [0.5, 0.6) is 5.75 Å². The number of halogens is 1. The van der Waals surface area contributed by atoms with E-state index in [1.807, 2.05) is 16.7 Å². The molecule has 10 heteroatoms. The first kappa shape index (κ1) is 23.6. The molecule has 1 aliphatic heterocycles. The number of carbonyl (C=O) groups is 1. The Hall–Kier alpha value is -3.04. The monoisotopic (exact) mass is 461 g/mol. The van der Waals surface area contributed by atoms with Crippen molar-refractivity contribution in [2.24, 2.45) is 22.6 Å². The number of amides is 1. The zero-order chi connectivity index (χ0) is 23.4. The van der Waals surface area contributed by atoms with E-state index in [1.165, 1.54) is 6.07 Å². The molecule has 172 valence electrons. The van der Waals surface area contributed by atoms with Crippen molar-refractivity contribution >= 4 is 23.5 Å². The molecule has 0 fully saturated rings. The minimum absolute atomic E-state index is 0.0210. The molecule has 1 atom stereocenters. The second-order valence-corrected chi connectivity index (χ2v) is 8.37. The van der Waals surface area contributed by atoms with E-state index in [0.29, 0.717) is 36.1 Å². The minimum atomic E-state index is -0.664. The molecule has 0 aliphatic carbocycles. The van der Waals surface area contributed by atoms with Crippen LogP contribution in [0.4, 0.5) is 0 Å². The number of hydrogen-bond acceptors (Lipinski definition) is 6. The molecule has 2 aromatic rings. The van der Waals surface area contributed by atoms with Crippen molar-refractivity contribution in [1.82, 2.24) is 9.88 Å². The predicted octanol–water partition coefficient (Wildman–Crippen LogP) is 2.26. The number of nitrogens with zero attached hydrogens (tertiary/aromatic N) is 2. The molecule has 0 radical (unpaired) electrons. The van der Waals surface area contributed by atoms with E-state index in [0.717, 1.165) is 17.5 Å². The van der Waals surface area contributed by atoms with Gasteiger partial charge in [-0.1, -0.05) is 25.4 Å². The number of methoxy groups -OCH3 is 1. The van der Waals surface area contributed by atoms with E-state index in [9.17, 15) is 9.59 Å². The molecule has 0 bridgehead atoms. The molecule has 5 N–H and O–H groups in total. The van der Waals surface area contributed by atoms with Crippen LogP contribution in [-0.4, -0.2) is 36.8 Å². The van der Waals surface area contributed by atoms with Gasteiger partial charge in [0.15, 0.2) is 5.43 Å². The first-order valence-corrected chi connectivity index (χ1v) is 10.7.